The van der Waals surface area contributed by atoms with Gasteiger partial charge in [-0.25, -0.2) is 0 Å². The van der Waals surface area contributed by atoms with E-state index in [0.29, 0.717) is 0 Å². The van der Waals surface area contributed by atoms with Crippen molar-refractivity contribution in [1.82, 2.24) is 9.80 Å². The molecule has 0 N–H and O–H groups in total. The molecule has 2 unspecified atom stereocenters. The zero-order chi connectivity index (χ0) is 61.1. The highest BCUT2D eigenvalue weighted by Crippen LogP contribution is 2.21. The predicted octanol–water partition coefficient (Wildman–Crippen LogP) is 26.0. The Morgan fingerprint density at radius 1 is 0.155 bits per heavy atom. The van der Waals surface area contributed by atoms with Gasteiger partial charge in [-0.05, 0) is 65.7 Å². The van der Waals surface area contributed by atoms with Crippen LogP contribution in [0.3, 0.4) is 0 Å². The molecule has 0 spiro atoms. The van der Waals surface area contributed by atoms with Crippen LogP contribution in [0.4, 0.5) is 0 Å². The van der Waals surface area contributed by atoms with Crippen molar-refractivity contribution in [2.24, 2.45) is 0 Å². The number of hydrogen-bond donors (Lipinski definition) is 0. The van der Waals surface area contributed by atoms with E-state index in [1.807, 2.05) is 0 Å². The third kappa shape index (κ3) is 64.8. The van der Waals surface area contributed by atoms with Gasteiger partial charge in [0.25, 0.3) is 0 Å². The molecular weight excluding hydrogens is 1020 g/mol. The molecular formula is C80H168N4+2. The topological polar surface area (TPSA) is 6.48 Å². The van der Waals surface area contributed by atoms with Gasteiger partial charge in [0.2, 0.25) is 0 Å². The van der Waals surface area contributed by atoms with Gasteiger partial charge in [-0.1, -0.05) is 362 Å². The van der Waals surface area contributed by atoms with Crippen molar-refractivity contribution < 1.29 is 8.97 Å². The summed E-state index contributed by atoms with van der Waals surface area (Å²) < 4.78 is 2.63. The predicted molar refractivity (Wildman–Crippen MR) is 386 cm³/mol. The van der Waals surface area contributed by atoms with Gasteiger partial charge in [0.05, 0.1) is 53.4 Å². The molecule has 4 heteroatoms. The Bertz CT molecular complexity index is 1190. The average Bonchev–Trinajstić information content (AvgIpc) is 3.64. The second-order valence-corrected chi connectivity index (χ2v) is 29.7. The third-order valence-corrected chi connectivity index (χ3v) is 20.5. The average molecular weight is 1190 g/mol. The van der Waals surface area contributed by atoms with Crippen LogP contribution >= 0.6 is 0 Å². The second-order valence-electron chi connectivity index (χ2n) is 29.7. The molecule has 0 amide bonds. The summed E-state index contributed by atoms with van der Waals surface area (Å²) in [5.41, 5.74) is 0. The van der Waals surface area contributed by atoms with E-state index >= 15 is 0 Å². The van der Waals surface area contributed by atoms with Crippen molar-refractivity contribution >= 4 is 0 Å². The Hall–Kier alpha value is -0.160. The summed E-state index contributed by atoms with van der Waals surface area (Å²) in [6.45, 7) is 22.8. The lowest BCUT2D eigenvalue weighted by atomic mass is 10.0. The molecule has 2 atom stereocenters. The third-order valence-electron chi connectivity index (χ3n) is 20.5. The Morgan fingerprint density at radius 2 is 0.274 bits per heavy atom. The number of quaternary nitrogens is 2. The molecule has 4 nitrogen and oxygen atoms in total. The quantitative estimate of drug-likeness (QED) is 0.0442. The molecule has 0 radical (unpaired) electrons. The molecule has 0 aromatic heterocycles. The molecule has 0 fully saturated rings. The van der Waals surface area contributed by atoms with Crippen LogP contribution in [-0.4, -0.2) is 112 Å². The number of nitrogens with zero attached hydrogens (tertiary/aromatic N) is 4. The Morgan fingerprint density at radius 3 is 0.452 bits per heavy atom. The summed E-state index contributed by atoms with van der Waals surface area (Å²) in [6, 6.07) is 0. The van der Waals surface area contributed by atoms with E-state index in [9.17, 15) is 0 Å². The zero-order valence-corrected chi connectivity index (χ0v) is 60.7. The van der Waals surface area contributed by atoms with Crippen molar-refractivity contribution in [1.29, 1.82) is 0 Å². The van der Waals surface area contributed by atoms with Crippen LogP contribution in [0.15, 0.2) is 0 Å². The summed E-state index contributed by atoms with van der Waals surface area (Å²) in [6.07, 6.45) is 90.0. The maximum atomic E-state index is 2.69. The summed E-state index contributed by atoms with van der Waals surface area (Å²) in [5.74, 6) is 0. The van der Waals surface area contributed by atoms with Crippen molar-refractivity contribution in [2.75, 3.05) is 93.6 Å². The lowest BCUT2D eigenvalue weighted by Crippen LogP contribution is -2.49. The van der Waals surface area contributed by atoms with Crippen molar-refractivity contribution in [2.45, 2.75) is 426 Å². The first kappa shape index (κ1) is 83.8. The zero-order valence-electron chi connectivity index (χ0n) is 60.7. The van der Waals surface area contributed by atoms with Gasteiger partial charge >= 0.3 is 0 Å². The van der Waals surface area contributed by atoms with E-state index in [4.69, 9.17) is 0 Å². The first-order valence-corrected chi connectivity index (χ1v) is 40.3. The van der Waals surface area contributed by atoms with Gasteiger partial charge < -0.3 is 18.8 Å². The van der Waals surface area contributed by atoms with Crippen LogP contribution in [0, 0.1) is 0 Å². The summed E-state index contributed by atoms with van der Waals surface area (Å²) in [7, 11) is 10.2. The lowest BCUT2D eigenvalue weighted by molar-refractivity contribution is -0.916. The minimum atomic E-state index is 1.28. The smallest absolute Gasteiger partial charge is 0.0796 e. The van der Waals surface area contributed by atoms with Gasteiger partial charge in [0.1, 0.15) is 0 Å². The van der Waals surface area contributed by atoms with Crippen molar-refractivity contribution in [3.63, 3.8) is 0 Å². The molecule has 84 heavy (non-hydrogen) atoms. The Kier molecular flexibility index (Phi) is 68.6. The minimum absolute atomic E-state index is 1.28. The van der Waals surface area contributed by atoms with Crippen LogP contribution in [0.25, 0.3) is 0 Å². The highest BCUT2D eigenvalue weighted by molar-refractivity contribution is 4.60. The van der Waals surface area contributed by atoms with Gasteiger partial charge in [0, 0.05) is 38.8 Å². The molecule has 0 saturated carbocycles. The lowest BCUT2D eigenvalue weighted by Gasteiger charge is -2.37. The monoisotopic (exact) mass is 1190 g/mol. The van der Waals surface area contributed by atoms with Crippen LogP contribution in [0.1, 0.15) is 426 Å². The van der Waals surface area contributed by atoms with Crippen LogP contribution in [-0.2, 0) is 0 Å². The highest BCUT2D eigenvalue weighted by atomic mass is 15.3. The van der Waals surface area contributed by atoms with Crippen molar-refractivity contribution in [3.8, 4) is 0 Å². The maximum Gasteiger partial charge on any atom is 0.0796 e. The molecule has 0 bridgehead atoms. The maximum absolute atomic E-state index is 2.69. The van der Waals surface area contributed by atoms with Gasteiger partial charge in [-0.15, -0.1) is 0 Å². The molecule has 0 rings (SSSR count). The van der Waals surface area contributed by atoms with E-state index in [-0.39, 0.29) is 0 Å². The standard InChI is InChI=1S/C80H168N4/c1-9-13-17-21-25-29-33-37-41-44-48-52-56-60-64-72-82(6)74-70-80-84(8,76-66-62-58-54-50-46-42-38-34-30-26-22-18-14-10-2)78-68-67-77-83(7,75-65-61-57-53-49-45-40-36-32-28-24-20-16-12-4)79-69-73-81(5)71-63-59-55-51-47-43-39-35-31-27-23-19-15-11-3/h9-80H2,1-8H3/q+2. The van der Waals surface area contributed by atoms with E-state index < -0.39 is 0 Å². The van der Waals surface area contributed by atoms with Gasteiger partial charge in [-0.2, -0.15) is 0 Å². The highest BCUT2D eigenvalue weighted by Gasteiger charge is 2.24. The van der Waals surface area contributed by atoms with E-state index in [1.54, 1.807) is 0 Å². The Balaban J connectivity index is 5.11. The van der Waals surface area contributed by atoms with Crippen molar-refractivity contribution in [3.05, 3.63) is 0 Å². The molecule has 0 aliphatic carbocycles. The van der Waals surface area contributed by atoms with E-state index in [0.717, 1.165) is 0 Å². The molecule has 0 heterocycles. The molecule has 506 valence electrons. The first-order chi connectivity index (χ1) is 41.2. The fourth-order valence-corrected chi connectivity index (χ4v) is 14.2. The fourth-order valence-electron chi connectivity index (χ4n) is 14.2. The minimum Gasteiger partial charge on any atom is -0.326 e. The Labute approximate surface area is 535 Å². The second kappa shape index (κ2) is 68.7. The van der Waals surface area contributed by atoms with E-state index in [1.165, 1.54) is 473 Å². The largest absolute Gasteiger partial charge is 0.326 e. The van der Waals surface area contributed by atoms with Gasteiger partial charge in [0.15, 0.2) is 0 Å². The summed E-state index contributed by atoms with van der Waals surface area (Å²) in [5, 5.41) is 0. The normalized spacial score (nSPS) is 13.5. The number of unbranched alkanes of at least 4 members (excludes halogenated alkanes) is 55. The van der Waals surface area contributed by atoms with E-state index in [2.05, 4.69) is 65.7 Å². The number of rotatable bonds is 75. The summed E-state index contributed by atoms with van der Waals surface area (Å²) >= 11 is 0. The number of hydrogen-bond acceptors (Lipinski definition) is 2. The molecule has 0 aromatic carbocycles. The summed E-state index contributed by atoms with van der Waals surface area (Å²) in [4.78, 5) is 5.38. The molecule has 0 aliphatic rings. The van der Waals surface area contributed by atoms with Gasteiger partial charge in [-0.3, -0.25) is 0 Å². The SMILES string of the molecule is CCCCCCCCCCCCCCCCCN(C)CCC[N+](C)(CCCCCCCCCCCCCCCCC)CCCC[N+](C)(CCCCCCCCCCCCCCCC)CCCN(C)CCCCCCCCCCCCCCCC. The first-order valence-electron chi connectivity index (χ1n) is 40.3. The fraction of sp³-hybridized carbons (Fsp3) is 1.00. The van der Waals surface area contributed by atoms with Crippen LogP contribution in [0.2, 0.25) is 0 Å². The van der Waals surface area contributed by atoms with Crippen LogP contribution in [0.5, 0.6) is 0 Å². The molecule has 0 aliphatic heterocycles. The molecule has 0 saturated heterocycles. The molecule has 0 aromatic rings. The van der Waals surface area contributed by atoms with Crippen LogP contribution < -0.4 is 0 Å².